The molecule has 0 aliphatic carbocycles. The molecule has 0 atom stereocenters. The molecule has 106 valence electrons. The topological polar surface area (TPSA) is 38.0 Å². The van der Waals surface area contributed by atoms with Crippen LogP contribution in [0.1, 0.15) is 16.7 Å². The summed E-state index contributed by atoms with van der Waals surface area (Å²) in [6, 6.07) is 19.0. The van der Waals surface area contributed by atoms with Crippen LogP contribution in [0.15, 0.2) is 54.6 Å². The summed E-state index contributed by atoms with van der Waals surface area (Å²) in [5, 5.41) is 6.05. The zero-order valence-corrected chi connectivity index (χ0v) is 12.5. The first-order chi connectivity index (χ1) is 10.1. The number of hydrogen-bond donors (Lipinski definition) is 2. The fourth-order valence-corrected chi connectivity index (χ4v) is 2.87. The van der Waals surface area contributed by atoms with Gasteiger partial charge in [0.2, 0.25) is 0 Å². The molecule has 3 N–H and O–H groups in total. The first kappa shape index (κ1) is 13.5. The van der Waals surface area contributed by atoms with Crippen LogP contribution in [0.4, 0.5) is 11.4 Å². The van der Waals surface area contributed by atoms with E-state index in [-0.39, 0.29) is 0 Å². The highest BCUT2D eigenvalue weighted by Gasteiger charge is 2.05. The van der Waals surface area contributed by atoms with Crippen molar-refractivity contribution in [2.24, 2.45) is 0 Å². The molecule has 0 saturated carbocycles. The molecule has 0 aliphatic heterocycles. The van der Waals surface area contributed by atoms with Gasteiger partial charge in [0.05, 0.1) is 11.4 Å². The molecule has 0 amide bonds. The van der Waals surface area contributed by atoms with E-state index >= 15 is 0 Å². The number of nitrogens with one attached hydrogen (secondary N) is 1. The van der Waals surface area contributed by atoms with Gasteiger partial charge >= 0.3 is 0 Å². The maximum Gasteiger partial charge on any atom is 0.0606 e. The monoisotopic (exact) mass is 276 g/mol. The van der Waals surface area contributed by atoms with E-state index in [0.717, 1.165) is 17.9 Å². The van der Waals surface area contributed by atoms with E-state index in [9.17, 15) is 0 Å². The Labute approximate surface area is 125 Å². The molecule has 2 heteroatoms. The van der Waals surface area contributed by atoms with Crippen LogP contribution in [0.3, 0.4) is 0 Å². The van der Waals surface area contributed by atoms with Crippen LogP contribution < -0.4 is 11.1 Å². The van der Waals surface area contributed by atoms with Gasteiger partial charge < -0.3 is 11.1 Å². The van der Waals surface area contributed by atoms with Crippen LogP contribution in [0, 0.1) is 13.8 Å². The van der Waals surface area contributed by atoms with E-state index in [1.54, 1.807) is 0 Å². The number of rotatable bonds is 3. The molecule has 0 radical (unpaired) electrons. The second-order valence-corrected chi connectivity index (χ2v) is 5.54. The molecule has 3 aromatic carbocycles. The molecule has 0 bridgehead atoms. The Morgan fingerprint density at radius 3 is 2.52 bits per heavy atom. The normalized spacial score (nSPS) is 10.8. The minimum absolute atomic E-state index is 0.773. The molecule has 0 aliphatic rings. The van der Waals surface area contributed by atoms with Gasteiger partial charge in [0, 0.05) is 6.54 Å². The predicted molar refractivity (Wildman–Crippen MR) is 91.6 cm³/mol. The summed E-state index contributed by atoms with van der Waals surface area (Å²) in [4.78, 5) is 0. The van der Waals surface area contributed by atoms with Crippen molar-refractivity contribution in [1.82, 2.24) is 0 Å². The summed E-state index contributed by atoms with van der Waals surface area (Å²) >= 11 is 0. The Kier molecular flexibility index (Phi) is 3.53. The lowest BCUT2D eigenvalue weighted by Gasteiger charge is -2.14. The minimum Gasteiger partial charge on any atom is -0.397 e. The molecule has 0 heterocycles. The highest BCUT2D eigenvalue weighted by atomic mass is 14.9. The third-order valence-electron chi connectivity index (χ3n) is 3.85. The van der Waals surface area contributed by atoms with Crippen LogP contribution >= 0.6 is 0 Å². The van der Waals surface area contributed by atoms with Crippen LogP contribution in [0.25, 0.3) is 10.8 Å². The summed E-state index contributed by atoms with van der Waals surface area (Å²) in [7, 11) is 0. The van der Waals surface area contributed by atoms with E-state index in [1.807, 2.05) is 6.07 Å². The average molecular weight is 276 g/mol. The molecule has 2 nitrogen and oxygen atoms in total. The van der Waals surface area contributed by atoms with E-state index in [4.69, 9.17) is 5.73 Å². The highest BCUT2D eigenvalue weighted by molar-refractivity contribution is 5.86. The molecular formula is C19H20N2. The fourth-order valence-electron chi connectivity index (χ4n) is 2.87. The van der Waals surface area contributed by atoms with Gasteiger partial charge in [-0.2, -0.15) is 0 Å². The van der Waals surface area contributed by atoms with Crippen LogP contribution in [-0.2, 0) is 6.54 Å². The van der Waals surface area contributed by atoms with E-state index in [0.29, 0.717) is 0 Å². The van der Waals surface area contributed by atoms with Gasteiger partial charge in [0.15, 0.2) is 0 Å². The van der Waals surface area contributed by atoms with Gasteiger partial charge in [-0.15, -0.1) is 0 Å². The molecular weight excluding hydrogens is 256 g/mol. The van der Waals surface area contributed by atoms with Crippen molar-refractivity contribution < 1.29 is 0 Å². The minimum atomic E-state index is 0.773. The zero-order chi connectivity index (χ0) is 14.8. The van der Waals surface area contributed by atoms with Crippen LogP contribution in [0.5, 0.6) is 0 Å². The lowest BCUT2D eigenvalue weighted by molar-refractivity contribution is 1.16. The molecule has 3 aromatic rings. The van der Waals surface area contributed by atoms with E-state index in [2.05, 4.69) is 67.7 Å². The summed E-state index contributed by atoms with van der Waals surface area (Å²) in [5.74, 6) is 0. The Morgan fingerprint density at radius 2 is 1.71 bits per heavy atom. The Balaban J connectivity index is 1.91. The quantitative estimate of drug-likeness (QED) is 0.683. The van der Waals surface area contributed by atoms with Crippen LogP contribution in [-0.4, -0.2) is 0 Å². The van der Waals surface area contributed by atoms with Gasteiger partial charge in [-0.05, 0) is 47.4 Å². The van der Waals surface area contributed by atoms with Gasteiger partial charge in [0.25, 0.3) is 0 Å². The van der Waals surface area contributed by atoms with Crippen molar-refractivity contribution in [2.45, 2.75) is 20.4 Å². The third-order valence-corrected chi connectivity index (χ3v) is 3.85. The number of hydrogen-bond acceptors (Lipinski definition) is 2. The third kappa shape index (κ3) is 2.70. The lowest BCUT2D eigenvalue weighted by Crippen LogP contribution is -2.05. The highest BCUT2D eigenvalue weighted by Crippen LogP contribution is 2.26. The Hall–Kier alpha value is -2.48. The van der Waals surface area contributed by atoms with Gasteiger partial charge in [-0.25, -0.2) is 0 Å². The number of nitrogens with two attached hydrogens (primary N) is 1. The molecule has 0 aromatic heterocycles. The van der Waals surface area contributed by atoms with Crippen molar-refractivity contribution in [1.29, 1.82) is 0 Å². The second kappa shape index (κ2) is 5.49. The lowest BCUT2D eigenvalue weighted by atomic mass is 10.0. The number of aryl methyl sites for hydroxylation is 2. The average Bonchev–Trinajstić information content (AvgIpc) is 2.46. The van der Waals surface area contributed by atoms with Crippen molar-refractivity contribution in [3.63, 3.8) is 0 Å². The Morgan fingerprint density at radius 1 is 0.952 bits per heavy atom. The molecule has 0 fully saturated rings. The number of nitrogen functional groups attached to an aromatic ring is 1. The first-order valence-corrected chi connectivity index (χ1v) is 7.22. The van der Waals surface area contributed by atoms with Crippen molar-refractivity contribution >= 4 is 22.1 Å². The summed E-state index contributed by atoms with van der Waals surface area (Å²) in [5.41, 5.74) is 11.7. The van der Waals surface area contributed by atoms with Crippen molar-refractivity contribution in [3.8, 4) is 0 Å². The molecule has 0 saturated heterocycles. The van der Waals surface area contributed by atoms with Crippen LogP contribution in [0.2, 0.25) is 0 Å². The van der Waals surface area contributed by atoms with Crippen molar-refractivity contribution in [2.75, 3.05) is 11.1 Å². The fraction of sp³-hybridized carbons (Fsp3) is 0.158. The number of benzene rings is 3. The summed E-state index contributed by atoms with van der Waals surface area (Å²) < 4.78 is 0. The standard InChI is InChI=1S/C19H20N2/c1-13-10-14(2)19(18(20)11-13)21-12-16-8-5-7-15-6-3-4-9-17(15)16/h3-11,21H,12,20H2,1-2H3. The Bertz CT molecular complexity index is 762. The molecule has 21 heavy (non-hydrogen) atoms. The number of fused-ring (bicyclic) bond motifs is 1. The summed E-state index contributed by atoms with van der Waals surface area (Å²) in [6.07, 6.45) is 0. The molecule has 0 unspecified atom stereocenters. The summed E-state index contributed by atoms with van der Waals surface area (Å²) in [6.45, 7) is 4.93. The zero-order valence-electron chi connectivity index (χ0n) is 12.5. The molecule has 3 rings (SSSR count). The maximum absolute atomic E-state index is 6.14. The predicted octanol–water partition coefficient (Wildman–Crippen LogP) is 4.65. The van der Waals surface area contributed by atoms with Crippen molar-refractivity contribution in [3.05, 3.63) is 71.3 Å². The maximum atomic E-state index is 6.14. The molecule has 0 spiro atoms. The van der Waals surface area contributed by atoms with Gasteiger partial charge in [-0.3, -0.25) is 0 Å². The number of anilines is 2. The van der Waals surface area contributed by atoms with Gasteiger partial charge in [-0.1, -0.05) is 48.5 Å². The van der Waals surface area contributed by atoms with E-state index < -0.39 is 0 Å². The van der Waals surface area contributed by atoms with Gasteiger partial charge in [0.1, 0.15) is 0 Å². The SMILES string of the molecule is Cc1cc(C)c(NCc2cccc3ccccc23)c(N)c1. The second-order valence-electron chi connectivity index (χ2n) is 5.54. The van der Waals surface area contributed by atoms with E-state index in [1.165, 1.54) is 27.5 Å². The largest absolute Gasteiger partial charge is 0.397 e. The smallest absolute Gasteiger partial charge is 0.0606 e. The first-order valence-electron chi connectivity index (χ1n) is 7.22.